The van der Waals surface area contributed by atoms with Crippen molar-refractivity contribution in [2.45, 2.75) is 0 Å². The number of esters is 1. The highest BCUT2D eigenvalue weighted by Gasteiger charge is 2.16. The first-order valence-corrected chi connectivity index (χ1v) is 4.44. The minimum atomic E-state index is -0.535. The number of nitrogen functional groups attached to an aromatic ring is 1. The molecule has 0 fully saturated rings. The van der Waals surface area contributed by atoms with E-state index in [4.69, 9.17) is 5.73 Å². The highest BCUT2D eigenvalue weighted by molar-refractivity contribution is 5.94. The molecule has 0 aliphatic carbocycles. The van der Waals surface area contributed by atoms with Gasteiger partial charge in [0, 0.05) is 6.20 Å². The zero-order chi connectivity index (χ0) is 11.5. The lowest BCUT2D eigenvalue weighted by molar-refractivity contribution is 0.0602. The molecule has 2 N–H and O–H groups in total. The number of hydrogen-bond donors (Lipinski definition) is 1. The Labute approximate surface area is 90.8 Å². The summed E-state index contributed by atoms with van der Waals surface area (Å²) in [4.78, 5) is 11.3. The van der Waals surface area contributed by atoms with E-state index in [1.54, 1.807) is 12.1 Å². The van der Waals surface area contributed by atoms with E-state index < -0.39 is 5.97 Å². The highest BCUT2D eigenvalue weighted by Crippen LogP contribution is 2.15. The van der Waals surface area contributed by atoms with E-state index in [1.807, 2.05) is 0 Å². The Morgan fingerprint density at radius 1 is 1.56 bits per heavy atom. The van der Waals surface area contributed by atoms with Gasteiger partial charge >= 0.3 is 5.97 Å². The van der Waals surface area contributed by atoms with Gasteiger partial charge < -0.3 is 10.5 Å². The van der Waals surface area contributed by atoms with E-state index in [0.717, 1.165) is 0 Å². The SMILES string of the molecule is COC(=O)c1cnn(-c2cccnn2)c1N. The summed E-state index contributed by atoms with van der Waals surface area (Å²) in [5.41, 5.74) is 5.95. The lowest BCUT2D eigenvalue weighted by Gasteiger charge is -2.01. The lowest BCUT2D eigenvalue weighted by atomic mass is 10.3. The number of nitrogens with zero attached hydrogens (tertiary/aromatic N) is 4. The van der Waals surface area contributed by atoms with Gasteiger partial charge in [-0.15, -0.1) is 5.10 Å². The number of aromatic nitrogens is 4. The van der Waals surface area contributed by atoms with Crippen LogP contribution in [0.4, 0.5) is 5.82 Å². The number of methoxy groups -OCH3 is 1. The molecule has 0 aliphatic heterocycles. The van der Waals surface area contributed by atoms with Crippen LogP contribution in [0.2, 0.25) is 0 Å². The van der Waals surface area contributed by atoms with Crippen molar-refractivity contribution in [1.82, 2.24) is 20.0 Å². The molecule has 0 saturated heterocycles. The maximum Gasteiger partial charge on any atom is 0.343 e. The summed E-state index contributed by atoms with van der Waals surface area (Å²) in [6.07, 6.45) is 2.86. The third-order valence-electron chi connectivity index (χ3n) is 1.99. The van der Waals surface area contributed by atoms with Crippen molar-refractivity contribution in [1.29, 1.82) is 0 Å². The molecule has 0 unspecified atom stereocenters. The molecule has 0 spiro atoms. The Kier molecular flexibility index (Phi) is 2.50. The van der Waals surface area contributed by atoms with Crippen LogP contribution in [0.5, 0.6) is 0 Å². The smallest absolute Gasteiger partial charge is 0.343 e. The van der Waals surface area contributed by atoms with E-state index in [9.17, 15) is 4.79 Å². The van der Waals surface area contributed by atoms with Gasteiger partial charge in [0.1, 0.15) is 11.4 Å². The van der Waals surface area contributed by atoms with Crippen LogP contribution >= 0.6 is 0 Å². The molecule has 7 heteroatoms. The molecule has 7 nitrogen and oxygen atoms in total. The summed E-state index contributed by atoms with van der Waals surface area (Å²) < 4.78 is 5.88. The molecule has 2 rings (SSSR count). The molecular formula is C9H9N5O2. The van der Waals surface area contributed by atoms with E-state index in [-0.39, 0.29) is 11.4 Å². The van der Waals surface area contributed by atoms with Gasteiger partial charge in [0.2, 0.25) is 0 Å². The monoisotopic (exact) mass is 219 g/mol. The largest absolute Gasteiger partial charge is 0.465 e. The predicted octanol–water partition coefficient (Wildman–Crippen LogP) is 0.0311. The molecule has 2 heterocycles. The molecule has 0 aliphatic rings. The second-order valence-electron chi connectivity index (χ2n) is 2.93. The van der Waals surface area contributed by atoms with Gasteiger partial charge in [0.15, 0.2) is 5.82 Å². The average molecular weight is 219 g/mol. The van der Waals surface area contributed by atoms with Crippen LogP contribution in [0.15, 0.2) is 24.5 Å². The fraction of sp³-hybridized carbons (Fsp3) is 0.111. The number of anilines is 1. The van der Waals surface area contributed by atoms with Crippen LogP contribution in [0, 0.1) is 0 Å². The van der Waals surface area contributed by atoms with Crippen LogP contribution in [0.25, 0.3) is 5.82 Å². The van der Waals surface area contributed by atoms with E-state index >= 15 is 0 Å². The van der Waals surface area contributed by atoms with Crippen LogP contribution in [-0.4, -0.2) is 33.1 Å². The molecule has 0 atom stereocenters. The number of ether oxygens (including phenoxy) is 1. The number of rotatable bonds is 2. The fourth-order valence-corrected chi connectivity index (χ4v) is 1.21. The standard InChI is InChI=1S/C9H9N5O2/c1-16-9(15)6-5-12-14(8(6)10)7-3-2-4-11-13-7/h2-5H,10H2,1H3. The second-order valence-corrected chi connectivity index (χ2v) is 2.93. The van der Waals surface area contributed by atoms with Crippen molar-refractivity contribution in [2.24, 2.45) is 0 Å². The minimum Gasteiger partial charge on any atom is -0.465 e. The average Bonchev–Trinajstić information content (AvgIpc) is 2.71. The zero-order valence-corrected chi connectivity index (χ0v) is 8.49. The Morgan fingerprint density at radius 2 is 2.38 bits per heavy atom. The topological polar surface area (TPSA) is 95.9 Å². The summed E-state index contributed by atoms with van der Waals surface area (Å²) in [5, 5.41) is 11.5. The third kappa shape index (κ3) is 1.58. The molecule has 2 aromatic rings. The van der Waals surface area contributed by atoms with E-state index in [0.29, 0.717) is 5.82 Å². The maximum absolute atomic E-state index is 11.3. The Hall–Kier alpha value is -2.44. The lowest BCUT2D eigenvalue weighted by Crippen LogP contribution is -2.08. The number of hydrogen-bond acceptors (Lipinski definition) is 6. The van der Waals surface area contributed by atoms with E-state index in [2.05, 4.69) is 20.0 Å². The Balaban J connectivity index is 2.45. The molecule has 0 aromatic carbocycles. The van der Waals surface area contributed by atoms with Crippen molar-refractivity contribution < 1.29 is 9.53 Å². The summed E-state index contributed by atoms with van der Waals surface area (Å²) >= 11 is 0. The van der Waals surface area contributed by atoms with Crippen molar-refractivity contribution in [3.05, 3.63) is 30.1 Å². The minimum absolute atomic E-state index is 0.173. The van der Waals surface area contributed by atoms with Gasteiger partial charge in [-0.1, -0.05) is 0 Å². The highest BCUT2D eigenvalue weighted by atomic mass is 16.5. The van der Waals surface area contributed by atoms with Gasteiger partial charge in [0.25, 0.3) is 0 Å². The van der Waals surface area contributed by atoms with Crippen molar-refractivity contribution in [2.75, 3.05) is 12.8 Å². The zero-order valence-electron chi connectivity index (χ0n) is 8.49. The summed E-state index contributed by atoms with van der Waals surface area (Å²) in [6, 6.07) is 3.37. The first kappa shape index (κ1) is 10.1. The van der Waals surface area contributed by atoms with Gasteiger partial charge in [-0.2, -0.15) is 14.9 Å². The van der Waals surface area contributed by atoms with Crippen LogP contribution in [0.3, 0.4) is 0 Å². The van der Waals surface area contributed by atoms with Crippen LogP contribution < -0.4 is 5.73 Å². The van der Waals surface area contributed by atoms with Crippen molar-refractivity contribution >= 4 is 11.8 Å². The van der Waals surface area contributed by atoms with Gasteiger partial charge in [-0.25, -0.2) is 4.79 Å². The predicted molar refractivity (Wildman–Crippen MR) is 54.9 cm³/mol. The first-order valence-electron chi connectivity index (χ1n) is 4.44. The Morgan fingerprint density at radius 3 is 3.00 bits per heavy atom. The third-order valence-corrected chi connectivity index (χ3v) is 1.99. The molecule has 0 amide bonds. The molecule has 0 saturated carbocycles. The molecule has 16 heavy (non-hydrogen) atoms. The molecule has 0 radical (unpaired) electrons. The van der Waals surface area contributed by atoms with Crippen LogP contribution in [0.1, 0.15) is 10.4 Å². The van der Waals surface area contributed by atoms with Crippen molar-refractivity contribution in [3.8, 4) is 5.82 Å². The summed E-state index contributed by atoms with van der Waals surface area (Å²) in [7, 11) is 1.28. The molecular weight excluding hydrogens is 210 g/mol. The number of nitrogens with two attached hydrogens (primary N) is 1. The number of carbonyl (C=O) groups excluding carboxylic acids is 1. The fourth-order valence-electron chi connectivity index (χ4n) is 1.21. The van der Waals surface area contributed by atoms with Crippen molar-refractivity contribution in [3.63, 3.8) is 0 Å². The maximum atomic E-state index is 11.3. The van der Waals surface area contributed by atoms with Crippen LogP contribution in [-0.2, 0) is 4.74 Å². The van der Waals surface area contributed by atoms with Gasteiger partial charge in [0.05, 0.1) is 13.3 Å². The normalized spacial score (nSPS) is 10.1. The van der Waals surface area contributed by atoms with E-state index in [1.165, 1.54) is 24.2 Å². The molecule has 82 valence electrons. The summed E-state index contributed by atoms with van der Waals surface area (Å²) in [6.45, 7) is 0. The van der Waals surface area contributed by atoms with Gasteiger partial charge in [-0.3, -0.25) is 0 Å². The van der Waals surface area contributed by atoms with Gasteiger partial charge in [-0.05, 0) is 12.1 Å². The summed E-state index contributed by atoms with van der Waals surface area (Å²) in [5.74, 6) is 0.0788. The molecule has 0 bridgehead atoms. The molecule has 2 aromatic heterocycles. The quantitative estimate of drug-likeness (QED) is 0.716. The first-order chi connectivity index (χ1) is 7.74. The number of carbonyl (C=O) groups is 1. The Bertz CT molecular complexity index is 508. The second kappa shape index (κ2) is 3.97.